The third-order valence-electron chi connectivity index (χ3n) is 0.784. The van der Waals surface area contributed by atoms with Crippen molar-refractivity contribution >= 4 is 41.7 Å². The summed E-state index contributed by atoms with van der Waals surface area (Å²) >= 11 is 8.16. The summed E-state index contributed by atoms with van der Waals surface area (Å²) in [5.41, 5.74) is 0. The van der Waals surface area contributed by atoms with Gasteiger partial charge in [-0.15, -0.1) is 0 Å². The van der Waals surface area contributed by atoms with Crippen molar-refractivity contribution in [3.05, 3.63) is 0 Å². The van der Waals surface area contributed by atoms with E-state index in [-0.39, 0.29) is 5.12 Å². The van der Waals surface area contributed by atoms with E-state index in [2.05, 4.69) is 15.9 Å². The molecule has 0 heterocycles. The smallest absolute Gasteiger partial charge is 0.190 e. The van der Waals surface area contributed by atoms with Gasteiger partial charge >= 0.3 is 0 Å². The summed E-state index contributed by atoms with van der Waals surface area (Å²) in [6.07, 6.45) is 1.01. The van der Waals surface area contributed by atoms with Crippen molar-refractivity contribution in [1.82, 2.24) is 0 Å². The molecule has 0 aromatic carbocycles. The van der Waals surface area contributed by atoms with Gasteiger partial charge in [0.2, 0.25) is 0 Å². The van der Waals surface area contributed by atoms with E-state index in [9.17, 15) is 4.79 Å². The van der Waals surface area contributed by atoms with Crippen molar-refractivity contribution in [3.8, 4) is 0 Å². The molecule has 0 fully saturated rings. The Bertz CT molecular complexity index is 124. The molecule has 0 amide bonds. The minimum Gasteiger partial charge on any atom is -0.287 e. The predicted molar refractivity (Wildman–Crippen MR) is 48.7 cm³/mol. The lowest BCUT2D eigenvalue weighted by Gasteiger charge is -1.95. The Kier molecular flexibility index (Phi) is 5.94. The third-order valence-corrected chi connectivity index (χ3v) is 3.85. The molecule has 0 saturated heterocycles. The number of alkyl halides is 1. The first-order valence-corrected chi connectivity index (χ1v) is 6.07. The second kappa shape index (κ2) is 5.50. The Morgan fingerprint density at radius 3 is 2.67 bits per heavy atom. The first-order valence-electron chi connectivity index (χ1n) is 2.63. The van der Waals surface area contributed by atoms with Gasteiger partial charge in [-0.2, -0.15) is 0 Å². The summed E-state index contributed by atoms with van der Waals surface area (Å²) in [5.74, 6) is 0.857. The molecule has 0 bridgehead atoms. The zero-order valence-electron chi connectivity index (χ0n) is 5.22. The zero-order chi connectivity index (χ0) is 7.28. The minimum atomic E-state index is -0.407. The molecule has 0 rings (SSSR count). The molecular formula is C5H9BrOS2. The molecule has 1 atom stereocenters. The lowest BCUT2D eigenvalue weighted by atomic mass is 10.6. The Morgan fingerprint density at radius 2 is 2.33 bits per heavy atom. The van der Waals surface area contributed by atoms with Gasteiger partial charge in [0.25, 0.3) is 0 Å². The largest absolute Gasteiger partial charge is 0.287 e. The van der Waals surface area contributed by atoms with Crippen LogP contribution in [0.5, 0.6) is 0 Å². The zero-order valence-corrected chi connectivity index (χ0v) is 8.44. The Balaban J connectivity index is 3.39. The standard InChI is InChI=1S/C5H9BrOS2/c1-5(7)9(8)4-2-3-6/h2-4H2,1H3. The third kappa shape index (κ3) is 5.18. The van der Waals surface area contributed by atoms with E-state index in [0.717, 1.165) is 17.5 Å². The Hall–Kier alpha value is 0.720. The van der Waals surface area contributed by atoms with Gasteiger partial charge in [-0.3, -0.25) is 4.79 Å². The van der Waals surface area contributed by atoms with Crippen molar-refractivity contribution in [2.45, 2.75) is 13.3 Å². The van der Waals surface area contributed by atoms with Crippen LogP contribution < -0.4 is 0 Å². The van der Waals surface area contributed by atoms with Gasteiger partial charge in [-0.1, -0.05) is 25.4 Å². The number of carbonyl (C=O) groups excluding carboxylic acids is 1. The summed E-state index contributed by atoms with van der Waals surface area (Å²) in [7, 11) is -0.407. The van der Waals surface area contributed by atoms with Crippen molar-refractivity contribution < 1.29 is 4.79 Å². The summed E-state index contributed by atoms with van der Waals surface area (Å²) in [6, 6.07) is 0. The van der Waals surface area contributed by atoms with E-state index in [4.69, 9.17) is 11.2 Å². The fourth-order valence-electron chi connectivity index (χ4n) is 0.329. The van der Waals surface area contributed by atoms with E-state index in [0.29, 0.717) is 0 Å². The van der Waals surface area contributed by atoms with Gasteiger partial charge in [0.1, 0.15) is 0 Å². The van der Waals surface area contributed by atoms with Crippen LogP contribution >= 0.6 is 15.9 Å². The average molecular weight is 229 g/mol. The number of halogens is 1. The number of rotatable bonds is 3. The molecule has 1 unspecified atom stereocenters. The molecule has 9 heavy (non-hydrogen) atoms. The highest BCUT2D eigenvalue weighted by Crippen LogP contribution is 1.93. The van der Waals surface area contributed by atoms with Crippen LogP contribution in [-0.2, 0) is 25.4 Å². The predicted octanol–water partition coefficient (Wildman–Crippen LogP) is 1.40. The SMILES string of the molecule is CC(=O)S(=S)CCCBr. The maximum absolute atomic E-state index is 10.5. The highest BCUT2D eigenvalue weighted by Gasteiger charge is 1.97. The number of carbonyl (C=O) groups is 1. The molecule has 0 aromatic heterocycles. The van der Waals surface area contributed by atoms with Gasteiger partial charge in [-0.25, -0.2) is 0 Å². The molecule has 0 aliphatic heterocycles. The van der Waals surface area contributed by atoms with E-state index in [1.165, 1.54) is 0 Å². The van der Waals surface area contributed by atoms with Crippen molar-refractivity contribution in [1.29, 1.82) is 0 Å². The van der Waals surface area contributed by atoms with E-state index in [1.54, 1.807) is 6.92 Å². The van der Waals surface area contributed by atoms with Crippen LogP contribution in [0.1, 0.15) is 13.3 Å². The molecule has 0 aliphatic carbocycles. The lowest BCUT2D eigenvalue weighted by Crippen LogP contribution is -2.04. The fraction of sp³-hybridized carbons (Fsp3) is 0.800. The lowest BCUT2D eigenvalue weighted by molar-refractivity contribution is -0.109. The minimum absolute atomic E-state index is 0.144. The van der Waals surface area contributed by atoms with Crippen LogP contribution in [0.15, 0.2) is 0 Å². The fourth-order valence-corrected chi connectivity index (χ4v) is 2.03. The van der Waals surface area contributed by atoms with Crippen molar-refractivity contribution in [2.24, 2.45) is 0 Å². The molecule has 0 spiro atoms. The van der Waals surface area contributed by atoms with Crippen LogP contribution in [0, 0.1) is 0 Å². The summed E-state index contributed by atoms with van der Waals surface area (Å²) in [5, 5.41) is 1.09. The molecule has 0 N–H and O–H groups in total. The average Bonchev–Trinajstić information content (AvgIpc) is 1.82. The van der Waals surface area contributed by atoms with Gasteiger partial charge < -0.3 is 0 Å². The Morgan fingerprint density at radius 1 is 1.78 bits per heavy atom. The second-order valence-electron chi connectivity index (χ2n) is 1.58. The van der Waals surface area contributed by atoms with Gasteiger partial charge in [-0.05, 0) is 17.6 Å². The number of hydrogen-bond donors (Lipinski definition) is 0. The molecule has 0 radical (unpaired) electrons. The second-order valence-corrected chi connectivity index (χ2v) is 5.26. The van der Waals surface area contributed by atoms with Crippen LogP contribution in [0.2, 0.25) is 0 Å². The highest BCUT2D eigenvalue weighted by atomic mass is 79.9. The molecule has 54 valence electrons. The van der Waals surface area contributed by atoms with Crippen LogP contribution in [-0.4, -0.2) is 16.2 Å². The van der Waals surface area contributed by atoms with Crippen LogP contribution in [0.4, 0.5) is 0 Å². The summed E-state index contributed by atoms with van der Waals surface area (Å²) in [6.45, 7) is 1.56. The monoisotopic (exact) mass is 228 g/mol. The van der Waals surface area contributed by atoms with Crippen molar-refractivity contribution in [2.75, 3.05) is 11.1 Å². The number of hydrogen-bond acceptors (Lipinski definition) is 2. The van der Waals surface area contributed by atoms with Gasteiger partial charge in [0, 0.05) is 18.0 Å². The summed E-state index contributed by atoms with van der Waals surface area (Å²) in [4.78, 5) is 10.5. The first-order chi connectivity index (χ1) is 4.18. The van der Waals surface area contributed by atoms with E-state index in [1.807, 2.05) is 0 Å². The van der Waals surface area contributed by atoms with Crippen molar-refractivity contribution in [3.63, 3.8) is 0 Å². The van der Waals surface area contributed by atoms with Gasteiger partial charge in [0.05, 0.1) is 0 Å². The molecule has 0 aromatic rings. The first kappa shape index (κ1) is 9.72. The molecule has 0 saturated carbocycles. The van der Waals surface area contributed by atoms with Gasteiger partial charge in [0.15, 0.2) is 5.12 Å². The van der Waals surface area contributed by atoms with Crippen LogP contribution in [0.25, 0.3) is 0 Å². The summed E-state index contributed by atoms with van der Waals surface area (Å²) < 4.78 is 0. The Labute approximate surface area is 70.9 Å². The van der Waals surface area contributed by atoms with E-state index >= 15 is 0 Å². The molecular weight excluding hydrogens is 220 g/mol. The van der Waals surface area contributed by atoms with E-state index < -0.39 is 9.45 Å². The van der Waals surface area contributed by atoms with Crippen LogP contribution in [0.3, 0.4) is 0 Å². The molecule has 0 aliphatic rings. The highest BCUT2D eigenvalue weighted by molar-refractivity contribution is 9.09. The topological polar surface area (TPSA) is 17.1 Å². The molecule has 4 heteroatoms. The quantitative estimate of drug-likeness (QED) is 0.680. The maximum Gasteiger partial charge on any atom is 0.190 e. The normalized spacial score (nSPS) is 13.1. The maximum atomic E-state index is 10.5. The molecule has 1 nitrogen and oxygen atoms in total.